The molecule has 140 valence electrons. The Hall–Kier alpha value is -2.25. The smallest absolute Gasteiger partial charge is 0.372 e. The summed E-state index contributed by atoms with van der Waals surface area (Å²) in [5.74, 6) is -1.18. The van der Waals surface area contributed by atoms with E-state index in [1.165, 1.54) is 0 Å². The third-order valence-corrected chi connectivity index (χ3v) is 4.72. The largest absolute Gasteiger partial charge is 0.391 e. The van der Waals surface area contributed by atoms with Crippen molar-refractivity contribution in [2.45, 2.75) is 25.6 Å². The second-order valence-electron chi connectivity index (χ2n) is 6.51. The first-order valence-corrected chi connectivity index (χ1v) is 8.60. The van der Waals surface area contributed by atoms with Crippen LogP contribution in [0.3, 0.4) is 0 Å². The number of hydrogen-bond acceptors (Lipinski definition) is 4. The zero-order valence-electron chi connectivity index (χ0n) is 14.3. The summed E-state index contributed by atoms with van der Waals surface area (Å²) in [7, 11) is 0. The van der Waals surface area contributed by atoms with Gasteiger partial charge in [-0.25, -0.2) is 5.48 Å². The molecule has 1 aliphatic rings. The van der Waals surface area contributed by atoms with Crippen LogP contribution < -0.4 is 15.7 Å². The van der Waals surface area contributed by atoms with Crippen LogP contribution in [0.5, 0.6) is 0 Å². The Kier molecular flexibility index (Phi) is 5.68. The van der Waals surface area contributed by atoms with Crippen molar-refractivity contribution in [2.24, 2.45) is 5.92 Å². The minimum Gasteiger partial charge on any atom is -0.372 e. The Bertz CT molecular complexity index is 693. The molecule has 3 N–H and O–H groups in total. The Labute approximate surface area is 150 Å². The van der Waals surface area contributed by atoms with Crippen molar-refractivity contribution in [1.82, 2.24) is 5.48 Å². The molecule has 1 fully saturated rings. The molecule has 0 aromatic heterocycles. The lowest BCUT2D eigenvalue weighted by atomic mass is 9.96. The van der Waals surface area contributed by atoms with Crippen molar-refractivity contribution in [3.8, 4) is 0 Å². The van der Waals surface area contributed by atoms with Gasteiger partial charge in [-0.05, 0) is 54.8 Å². The Morgan fingerprint density at radius 2 is 1.46 bits per heavy atom. The zero-order valence-corrected chi connectivity index (χ0v) is 14.3. The highest BCUT2D eigenvalue weighted by Crippen LogP contribution is 2.35. The molecule has 0 aliphatic carbocycles. The van der Waals surface area contributed by atoms with Gasteiger partial charge in [-0.2, -0.15) is 13.2 Å². The molecule has 1 aliphatic heterocycles. The molecule has 0 saturated carbocycles. The van der Waals surface area contributed by atoms with E-state index < -0.39 is 12.1 Å². The molecule has 0 amide bonds. The van der Waals surface area contributed by atoms with Crippen LogP contribution in [0.25, 0.3) is 0 Å². The fourth-order valence-electron chi connectivity index (χ4n) is 3.18. The molecule has 0 spiro atoms. The van der Waals surface area contributed by atoms with Crippen LogP contribution in [0.1, 0.15) is 18.4 Å². The molecule has 1 saturated heterocycles. The lowest BCUT2D eigenvalue weighted by molar-refractivity contribution is -0.179. The fourth-order valence-corrected chi connectivity index (χ4v) is 3.18. The summed E-state index contributed by atoms with van der Waals surface area (Å²) >= 11 is 0. The van der Waals surface area contributed by atoms with Crippen LogP contribution in [0.15, 0.2) is 48.5 Å². The van der Waals surface area contributed by atoms with E-state index in [1.54, 1.807) is 0 Å². The predicted octanol–water partition coefficient (Wildman–Crippen LogP) is 4.69. The van der Waals surface area contributed by atoms with Crippen LogP contribution in [-0.4, -0.2) is 24.5 Å². The Morgan fingerprint density at radius 1 is 0.923 bits per heavy atom. The normalized spacial score (nSPS) is 15.9. The topological polar surface area (TPSA) is 47.5 Å². The van der Waals surface area contributed by atoms with Gasteiger partial charge >= 0.3 is 6.18 Å². The number of piperidine rings is 1. The molecule has 4 nitrogen and oxygen atoms in total. The summed E-state index contributed by atoms with van der Waals surface area (Å²) in [6, 6.07) is 15.4. The number of alkyl halides is 3. The number of rotatable bonds is 5. The average Bonchev–Trinajstić information content (AvgIpc) is 2.64. The van der Waals surface area contributed by atoms with E-state index in [0.29, 0.717) is 19.6 Å². The molecule has 2 aromatic rings. The summed E-state index contributed by atoms with van der Waals surface area (Å²) in [5, 5.41) is 12.0. The third kappa shape index (κ3) is 4.68. The molecule has 0 atom stereocenters. The van der Waals surface area contributed by atoms with Crippen LogP contribution in [-0.2, 0) is 6.54 Å². The van der Waals surface area contributed by atoms with E-state index in [4.69, 9.17) is 5.21 Å². The highest BCUT2D eigenvalue weighted by Gasteiger charge is 2.41. The quantitative estimate of drug-likeness (QED) is 0.673. The number of nitrogens with zero attached hydrogens (tertiary/aromatic N) is 1. The number of hydroxylamine groups is 1. The monoisotopic (exact) mass is 365 g/mol. The van der Waals surface area contributed by atoms with Gasteiger partial charge < -0.3 is 15.4 Å². The standard InChI is InChI=1S/C19H22F3N3O/c20-19(21,22)15-9-11-25(12-10-15)18-7-5-17(6-8-18)24-16-3-1-14(2-4-16)13-23-26/h1-8,15,23-24,26H,9-13H2. The van der Waals surface area contributed by atoms with Crippen molar-refractivity contribution >= 4 is 17.1 Å². The van der Waals surface area contributed by atoms with Gasteiger partial charge in [0.2, 0.25) is 0 Å². The maximum absolute atomic E-state index is 12.8. The first-order valence-electron chi connectivity index (χ1n) is 8.60. The Morgan fingerprint density at radius 3 is 1.96 bits per heavy atom. The lowest BCUT2D eigenvalue weighted by Crippen LogP contribution is -2.38. The van der Waals surface area contributed by atoms with Crippen molar-refractivity contribution in [3.05, 3.63) is 54.1 Å². The summed E-state index contributed by atoms with van der Waals surface area (Å²) < 4.78 is 38.3. The molecular weight excluding hydrogens is 343 g/mol. The van der Waals surface area contributed by atoms with Crippen molar-refractivity contribution in [1.29, 1.82) is 0 Å². The SMILES string of the molecule is ONCc1ccc(Nc2ccc(N3CCC(C(F)(F)F)CC3)cc2)cc1. The summed E-state index contributed by atoms with van der Waals surface area (Å²) in [5.41, 5.74) is 5.86. The molecule has 1 heterocycles. The lowest BCUT2D eigenvalue weighted by Gasteiger charge is -2.34. The molecule has 0 bridgehead atoms. The first-order chi connectivity index (χ1) is 12.5. The summed E-state index contributed by atoms with van der Waals surface area (Å²) in [6.07, 6.45) is -3.78. The minimum absolute atomic E-state index is 0.151. The van der Waals surface area contributed by atoms with E-state index in [0.717, 1.165) is 22.6 Å². The van der Waals surface area contributed by atoms with E-state index in [2.05, 4.69) is 10.8 Å². The van der Waals surface area contributed by atoms with E-state index in [1.807, 2.05) is 53.4 Å². The van der Waals surface area contributed by atoms with E-state index in [-0.39, 0.29) is 12.8 Å². The maximum atomic E-state index is 12.8. The van der Waals surface area contributed by atoms with E-state index >= 15 is 0 Å². The van der Waals surface area contributed by atoms with Gasteiger partial charge in [0, 0.05) is 36.7 Å². The summed E-state index contributed by atoms with van der Waals surface area (Å²) in [4.78, 5) is 2.00. The van der Waals surface area contributed by atoms with Crippen LogP contribution in [0.4, 0.5) is 30.2 Å². The number of halogens is 3. The van der Waals surface area contributed by atoms with Crippen molar-refractivity contribution in [3.63, 3.8) is 0 Å². The van der Waals surface area contributed by atoms with Crippen LogP contribution >= 0.6 is 0 Å². The molecule has 3 rings (SSSR count). The number of nitrogens with one attached hydrogen (secondary N) is 2. The second-order valence-corrected chi connectivity index (χ2v) is 6.51. The fraction of sp³-hybridized carbons (Fsp3) is 0.368. The highest BCUT2D eigenvalue weighted by molar-refractivity contribution is 5.63. The number of benzene rings is 2. The average molecular weight is 365 g/mol. The van der Waals surface area contributed by atoms with Gasteiger partial charge in [0.25, 0.3) is 0 Å². The van der Waals surface area contributed by atoms with Gasteiger partial charge in [-0.3, -0.25) is 0 Å². The molecule has 0 unspecified atom stereocenters. The van der Waals surface area contributed by atoms with Gasteiger partial charge in [-0.15, -0.1) is 0 Å². The maximum Gasteiger partial charge on any atom is 0.391 e. The third-order valence-electron chi connectivity index (χ3n) is 4.72. The van der Waals surface area contributed by atoms with Crippen molar-refractivity contribution < 1.29 is 18.4 Å². The minimum atomic E-state index is -4.08. The molecular formula is C19H22F3N3O. The Balaban J connectivity index is 1.57. The van der Waals surface area contributed by atoms with Gasteiger partial charge in [0.1, 0.15) is 0 Å². The van der Waals surface area contributed by atoms with E-state index in [9.17, 15) is 13.2 Å². The predicted molar refractivity (Wildman–Crippen MR) is 95.8 cm³/mol. The molecule has 26 heavy (non-hydrogen) atoms. The van der Waals surface area contributed by atoms with Gasteiger partial charge in [0.05, 0.1) is 5.92 Å². The molecule has 7 heteroatoms. The summed E-state index contributed by atoms with van der Waals surface area (Å²) in [6.45, 7) is 1.24. The molecule has 0 radical (unpaired) electrons. The van der Waals surface area contributed by atoms with Crippen LogP contribution in [0, 0.1) is 5.92 Å². The number of hydrogen-bond donors (Lipinski definition) is 3. The highest BCUT2D eigenvalue weighted by atomic mass is 19.4. The van der Waals surface area contributed by atoms with Crippen LogP contribution in [0.2, 0.25) is 0 Å². The second kappa shape index (κ2) is 7.97. The number of anilines is 3. The molecule has 2 aromatic carbocycles. The van der Waals surface area contributed by atoms with Gasteiger partial charge in [-0.1, -0.05) is 12.1 Å². The van der Waals surface area contributed by atoms with Crippen molar-refractivity contribution in [2.75, 3.05) is 23.3 Å². The zero-order chi connectivity index (χ0) is 18.6. The first kappa shape index (κ1) is 18.5. The van der Waals surface area contributed by atoms with Gasteiger partial charge in [0.15, 0.2) is 0 Å².